The Morgan fingerprint density at radius 2 is 1.33 bits per heavy atom. The van der Waals surface area contributed by atoms with Crippen molar-refractivity contribution in [2.24, 2.45) is 0 Å². The van der Waals surface area contributed by atoms with Gasteiger partial charge in [0.1, 0.15) is 0 Å². The van der Waals surface area contributed by atoms with Crippen LogP contribution in [0.3, 0.4) is 0 Å². The monoisotopic (exact) mass is 208 g/mol. The highest BCUT2D eigenvalue weighted by Gasteiger charge is 1.92. The third-order valence-electron chi connectivity index (χ3n) is 2.89. The third kappa shape index (κ3) is 11.4. The Balaban J connectivity index is 2.98. The van der Waals surface area contributed by atoms with E-state index in [9.17, 15) is 0 Å². The minimum atomic E-state index is 1.14. The molecule has 0 saturated heterocycles. The summed E-state index contributed by atoms with van der Waals surface area (Å²) in [4.78, 5) is 0. The van der Waals surface area contributed by atoms with Crippen molar-refractivity contribution in [2.45, 2.75) is 71.1 Å². The molecule has 0 fully saturated rings. The van der Waals surface area contributed by atoms with E-state index in [1.165, 1.54) is 63.4 Å². The van der Waals surface area contributed by atoms with Gasteiger partial charge in [-0.1, -0.05) is 83.1 Å². The second-order valence-electron chi connectivity index (χ2n) is 4.44. The summed E-state index contributed by atoms with van der Waals surface area (Å²) in [5.74, 6) is 0. The standard InChI is InChI=1S/C15H28/c1-4-6-7-8-9-10-11-12-13-14-15(3)5-2/h5H,2-4,6-14H2,1H3. The van der Waals surface area contributed by atoms with Crippen LogP contribution in [0.15, 0.2) is 24.8 Å². The summed E-state index contributed by atoms with van der Waals surface area (Å²) < 4.78 is 0. The fourth-order valence-corrected chi connectivity index (χ4v) is 1.76. The highest BCUT2D eigenvalue weighted by molar-refractivity contribution is 5.10. The largest absolute Gasteiger partial charge is 0.0988 e. The third-order valence-corrected chi connectivity index (χ3v) is 2.89. The van der Waals surface area contributed by atoms with E-state index in [2.05, 4.69) is 20.1 Å². The van der Waals surface area contributed by atoms with Gasteiger partial charge >= 0.3 is 0 Å². The Morgan fingerprint density at radius 1 is 0.867 bits per heavy atom. The lowest BCUT2D eigenvalue weighted by atomic mass is 10.0. The molecule has 0 radical (unpaired) electrons. The molecule has 0 atom stereocenters. The minimum Gasteiger partial charge on any atom is -0.0988 e. The van der Waals surface area contributed by atoms with E-state index >= 15 is 0 Å². The first-order chi connectivity index (χ1) is 7.31. The second kappa shape index (κ2) is 11.6. The Morgan fingerprint density at radius 3 is 1.80 bits per heavy atom. The number of hydrogen-bond acceptors (Lipinski definition) is 0. The normalized spacial score (nSPS) is 10.2. The first-order valence-electron chi connectivity index (χ1n) is 6.61. The first kappa shape index (κ1) is 14.5. The van der Waals surface area contributed by atoms with Crippen LogP contribution < -0.4 is 0 Å². The molecule has 0 saturated carbocycles. The molecule has 15 heavy (non-hydrogen) atoms. The summed E-state index contributed by atoms with van der Waals surface area (Å²) in [6, 6.07) is 0. The molecule has 0 unspecified atom stereocenters. The maximum Gasteiger partial charge on any atom is -0.0285 e. The van der Waals surface area contributed by atoms with Crippen LogP contribution in [0.1, 0.15) is 71.1 Å². The molecule has 0 heterocycles. The van der Waals surface area contributed by atoms with Crippen LogP contribution in [0.4, 0.5) is 0 Å². The van der Waals surface area contributed by atoms with Crippen molar-refractivity contribution >= 4 is 0 Å². The van der Waals surface area contributed by atoms with Crippen LogP contribution in [-0.2, 0) is 0 Å². The Hall–Kier alpha value is -0.520. The van der Waals surface area contributed by atoms with Gasteiger partial charge in [0.05, 0.1) is 0 Å². The van der Waals surface area contributed by atoms with Crippen molar-refractivity contribution in [3.05, 3.63) is 24.8 Å². The van der Waals surface area contributed by atoms with Crippen LogP contribution in [0.5, 0.6) is 0 Å². The molecule has 0 aliphatic carbocycles. The SMILES string of the molecule is C=CC(=C)CCCCCCCCCCC. The van der Waals surface area contributed by atoms with E-state index in [4.69, 9.17) is 0 Å². The van der Waals surface area contributed by atoms with Crippen molar-refractivity contribution in [3.63, 3.8) is 0 Å². The Kier molecular flexibility index (Phi) is 11.2. The van der Waals surface area contributed by atoms with E-state index in [1.807, 2.05) is 6.08 Å². The predicted molar refractivity (Wildman–Crippen MR) is 71.2 cm³/mol. The second-order valence-corrected chi connectivity index (χ2v) is 4.44. The van der Waals surface area contributed by atoms with E-state index in [0.717, 1.165) is 6.42 Å². The predicted octanol–water partition coefficient (Wildman–Crippen LogP) is 5.65. The van der Waals surface area contributed by atoms with Crippen LogP contribution in [0.25, 0.3) is 0 Å². The number of allylic oxidation sites excluding steroid dienone is 2. The molecule has 0 N–H and O–H groups in total. The topological polar surface area (TPSA) is 0 Å². The summed E-state index contributed by atoms with van der Waals surface area (Å²) in [6.07, 6.45) is 15.6. The molecule has 0 aromatic carbocycles. The van der Waals surface area contributed by atoms with Gasteiger partial charge in [-0.3, -0.25) is 0 Å². The Labute approximate surface area is 96.5 Å². The summed E-state index contributed by atoms with van der Waals surface area (Å²) in [5, 5.41) is 0. The number of unbranched alkanes of at least 4 members (excludes halogenated alkanes) is 8. The van der Waals surface area contributed by atoms with Crippen LogP contribution in [-0.4, -0.2) is 0 Å². The molecule has 0 aliphatic heterocycles. The lowest BCUT2D eigenvalue weighted by Gasteiger charge is -2.02. The minimum absolute atomic E-state index is 1.14. The zero-order valence-electron chi connectivity index (χ0n) is 10.6. The molecule has 0 rings (SSSR count). The van der Waals surface area contributed by atoms with Gasteiger partial charge in [-0.15, -0.1) is 0 Å². The molecule has 0 aliphatic rings. The van der Waals surface area contributed by atoms with Gasteiger partial charge in [0.15, 0.2) is 0 Å². The Bertz CT molecular complexity index is 155. The first-order valence-corrected chi connectivity index (χ1v) is 6.61. The molecule has 0 heteroatoms. The molecule has 0 spiro atoms. The fraction of sp³-hybridized carbons (Fsp3) is 0.733. The number of rotatable bonds is 11. The molecular weight excluding hydrogens is 180 g/mol. The summed E-state index contributed by atoms with van der Waals surface area (Å²) >= 11 is 0. The van der Waals surface area contributed by atoms with E-state index in [1.54, 1.807) is 0 Å². The molecule has 0 bridgehead atoms. The van der Waals surface area contributed by atoms with E-state index in [0.29, 0.717) is 0 Å². The zero-order valence-corrected chi connectivity index (χ0v) is 10.6. The van der Waals surface area contributed by atoms with Crippen LogP contribution in [0.2, 0.25) is 0 Å². The van der Waals surface area contributed by atoms with Crippen LogP contribution >= 0.6 is 0 Å². The van der Waals surface area contributed by atoms with Gasteiger partial charge < -0.3 is 0 Å². The molecule has 0 amide bonds. The quantitative estimate of drug-likeness (QED) is 0.304. The highest BCUT2D eigenvalue weighted by Crippen LogP contribution is 2.12. The van der Waals surface area contributed by atoms with Crippen molar-refractivity contribution in [2.75, 3.05) is 0 Å². The summed E-state index contributed by atoms with van der Waals surface area (Å²) in [7, 11) is 0. The fourth-order valence-electron chi connectivity index (χ4n) is 1.76. The lowest BCUT2D eigenvalue weighted by Crippen LogP contribution is -1.82. The average molecular weight is 208 g/mol. The van der Waals surface area contributed by atoms with Gasteiger partial charge in [0.25, 0.3) is 0 Å². The van der Waals surface area contributed by atoms with E-state index < -0.39 is 0 Å². The van der Waals surface area contributed by atoms with Crippen LogP contribution in [0, 0.1) is 0 Å². The maximum absolute atomic E-state index is 3.92. The maximum atomic E-state index is 3.92. The molecule has 0 aromatic heterocycles. The smallest absolute Gasteiger partial charge is 0.0285 e. The highest BCUT2D eigenvalue weighted by atomic mass is 14.0. The number of hydrogen-bond donors (Lipinski definition) is 0. The molecular formula is C15H28. The summed E-state index contributed by atoms with van der Waals surface area (Å²) in [5.41, 5.74) is 1.19. The average Bonchev–Trinajstić information content (AvgIpc) is 2.26. The van der Waals surface area contributed by atoms with E-state index in [-0.39, 0.29) is 0 Å². The van der Waals surface area contributed by atoms with Crippen molar-refractivity contribution in [1.82, 2.24) is 0 Å². The molecule has 0 aromatic rings. The van der Waals surface area contributed by atoms with Crippen molar-refractivity contribution in [1.29, 1.82) is 0 Å². The van der Waals surface area contributed by atoms with Gasteiger partial charge in [0, 0.05) is 0 Å². The van der Waals surface area contributed by atoms with Crippen molar-refractivity contribution in [3.8, 4) is 0 Å². The zero-order chi connectivity index (χ0) is 11.4. The molecule has 0 nitrogen and oxygen atoms in total. The van der Waals surface area contributed by atoms with Gasteiger partial charge in [-0.2, -0.15) is 0 Å². The summed E-state index contributed by atoms with van der Waals surface area (Å²) in [6.45, 7) is 9.91. The van der Waals surface area contributed by atoms with Gasteiger partial charge in [-0.05, 0) is 12.8 Å². The van der Waals surface area contributed by atoms with Gasteiger partial charge in [-0.25, -0.2) is 0 Å². The molecule has 88 valence electrons. The lowest BCUT2D eigenvalue weighted by molar-refractivity contribution is 0.565. The van der Waals surface area contributed by atoms with Crippen molar-refractivity contribution < 1.29 is 0 Å². The van der Waals surface area contributed by atoms with Gasteiger partial charge in [0.2, 0.25) is 0 Å².